The van der Waals surface area contributed by atoms with Gasteiger partial charge in [-0.15, -0.1) is 0 Å². The summed E-state index contributed by atoms with van der Waals surface area (Å²) < 4.78 is 0. The van der Waals surface area contributed by atoms with Crippen LogP contribution in [0.15, 0.2) is 18.2 Å². The van der Waals surface area contributed by atoms with E-state index in [1.807, 2.05) is 6.92 Å². The number of hydrogen-bond acceptors (Lipinski definition) is 3. The fourth-order valence-electron chi connectivity index (χ4n) is 2.84. The van der Waals surface area contributed by atoms with Gasteiger partial charge in [-0.25, -0.2) is 4.98 Å². The Hall–Kier alpha value is -1.55. The summed E-state index contributed by atoms with van der Waals surface area (Å²) in [6.45, 7) is 4.28. The van der Waals surface area contributed by atoms with Gasteiger partial charge in [-0.2, -0.15) is 0 Å². The highest BCUT2D eigenvalue weighted by Crippen LogP contribution is 2.20. The molecule has 3 rings (SSSR count). The molecule has 2 heterocycles. The van der Waals surface area contributed by atoms with Crippen LogP contribution in [0.5, 0.6) is 0 Å². The summed E-state index contributed by atoms with van der Waals surface area (Å²) in [5, 5.41) is 3.55. The van der Waals surface area contributed by atoms with Crippen LogP contribution in [0, 0.1) is 6.92 Å². The summed E-state index contributed by atoms with van der Waals surface area (Å²) in [5.41, 5.74) is 3.43. The largest absolute Gasteiger partial charge is 0.374 e. The van der Waals surface area contributed by atoms with Gasteiger partial charge in [0.2, 0.25) is 0 Å². The minimum atomic E-state index is 0.709. The molecule has 1 aromatic heterocycles. The van der Waals surface area contributed by atoms with Crippen LogP contribution >= 0.6 is 0 Å². The number of aromatic amines is 1. The zero-order chi connectivity index (χ0) is 13.2. The third-order valence-corrected chi connectivity index (χ3v) is 4.00. The number of benzene rings is 1. The maximum atomic E-state index is 4.44. The van der Waals surface area contributed by atoms with Gasteiger partial charge < -0.3 is 15.2 Å². The molecular formula is C15H22N4. The standard InChI is InChI=1S/C15H22N4/c1-11-17-14-6-5-13(10-15(14)18-11)19(2)9-7-12-4-3-8-16-12/h5-6,10,12,16H,3-4,7-9H2,1-2H3,(H,17,18). The number of aromatic nitrogens is 2. The van der Waals surface area contributed by atoms with Gasteiger partial charge in [0.05, 0.1) is 11.0 Å². The molecule has 4 nitrogen and oxygen atoms in total. The van der Waals surface area contributed by atoms with Crippen LogP contribution in [0.2, 0.25) is 0 Å². The van der Waals surface area contributed by atoms with E-state index in [0.29, 0.717) is 6.04 Å². The number of nitrogens with zero attached hydrogens (tertiary/aromatic N) is 2. The minimum Gasteiger partial charge on any atom is -0.374 e. The zero-order valence-corrected chi connectivity index (χ0v) is 11.7. The Morgan fingerprint density at radius 2 is 2.32 bits per heavy atom. The summed E-state index contributed by atoms with van der Waals surface area (Å²) in [6.07, 6.45) is 3.87. The molecular weight excluding hydrogens is 236 g/mol. The lowest BCUT2D eigenvalue weighted by Gasteiger charge is -2.21. The first kappa shape index (κ1) is 12.5. The van der Waals surface area contributed by atoms with Gasteiger partial charge in [0.1, 0.15) is 5.82 Å². The Morgan fingerprint density at radius 1 is 1.42 bits per heavy atom. The van der Waals surface area contributed by atoms with Crippen LogP contribution in [0.3, 0.4) is 0 Å². The second-order valence-electron chi connectivity index (χ2n) is 5.53. The van der Waals surface area contributed by atoms with Crippen molar-refractivity contribution >= 4 is 16.7 Å². The van der Waals surface area contributed by atoms with Gasteiger partial charge in [-0.05, 0) is 50.9 Å². The smallest absolute Gasteiger partial charge is 0.104 e. The number of aryl methyl sites for hydroxylation is 1. The second kappa shape index (κ2) is 5.21. The van der Waals surface area contributed by atoms with E-state index >= 15 is 0 Å². The number of fused-ring (bicyclic) bond motifs is 1. The molecule has 102 valence electrons. The van der Waals surface area contributed by atoms with Crippen LogP contribution in [-0.4, -0.2) is 36.1 Å². The molecule has 19 heavy (non-hydrogen) atoms. The molecule has 0 bridgehead atoms. The molecule has 2 aromatic rings. The van der Waals surface area contributed by atoms with Gasteiger partial charge >= 0.3 is 0 Å². The van der Waals surface area contributed by atoms with Crippen molar-refractivity contribution in [1.82, 2.24) is 15.3 Å². The minimum absolute atomic E-state index is 0.709. The van der Waals surface area contributed by atoms with E-state index in [1.54, 1.807) is 0 Å². The number of H-pyrrole nitrogens is 1. The van der Waals surface area contributed by atoms with Crippen molar-refractivity contribution in [2.75, 3.05) is 25.0 Å². The molecule has 1 saturated heterocycles. The van der Waals surface area contributed by atoms with Crippen LogP contribution in [0.25, 0.3) is 11.0 Å². The molecule has 0 aliphatic carbocycles. The Morgan fingerprint density at radius 3 is 3.11 bits per heavy atom. The summed E-state index contributed by atoms with van der Waals surface area (Å²) >= 11 is 0. The van der Waals surface area contributed by atoms with Crippen molar-refractivity contribution in [3.8, 4) is 0 Å². The first-order chi connectivity index (χ1) is 9.22. The van der Waals surface area contributed by atoms with Crippen molar-refractivity contribution < 1.29 is 0 Å². The monoisotopic (exact) mass is 258 g/mol. The van der Waals surface area contributed by atoms with Gasteiger partial charge in [0, 0.05) is 25.3 Å². The first-order valence-corrected chi connectivity index (χ1v) is 7.13. The molecule has 1 atom stereocenters. The Labute approximate surface area is 114 Å². The van der Waals surface area contributed by atoms with E-state index in [4.69, 9.17) is 0 Å². The number of rotatable bonds is 4. The van der Waals surface area contributed by atoms with Crippen molar-refractivity contribution in [3.63, 3.8) is 0 Å². The fraction of sp³-hybridized carbons (Fsp3) is 0.533. The van der Waals surface area contributed by atoms with Crippen molar-refractivity contribution in [2.24, 2.45) is 0 Å². The van der Waals surface area contributed by atoms with Gasteiger partial charge in [0.25, 0.3) is 0 Å². The molecule has 0 spiro atoms. The lowest BCUT2D eigenvalue weighted by Crippen LogP contribution is -2.28. The lowest BCUT2D eigenvalue weighted by molar-refractivity contribution is 0.559. The third kappa shape index (κ3) is 2.73. The predicted molar refractivity (Wildman–Crippen MR) is 79.7 cm³/mol. The van der Waals surface area contributed by atoms with Gasteiger partial charge in [-0.3, -0.25) is 0 Å². The van der Waals surface area contributed by atoms with E-state index in [9.17, 15) is 0 Å². The van der Waals surface area contributed by atoms with E-state index in [1.165, 1.54) is 31.5 Å². The van der Waals surface area contributed by atoms with E-state index in [-0.39, 0.29) is 0 Å². The van der Waals surface area contributed by atoms with Crippen LogP contribution in [-0.2, 0) is 0 Å². The van der Waals surface area contributed by atoms with Crippen LogP contribution in [0.4, 0.5) is 5.69 Å². The molecule has 2 N–H and O–H groups in total. The normalized spacial score (nSPS) is 19.2. The third-order valence-electron chi connectivity index (χ3n) is 4.00. The summed E-state index contributed by atoms with van der Waals surface area (Å²) in [4.78, 5) is 10.1. The maximum absolute atomic E-state index is 4.44. The number of nitrogens with one attached hydrogen (secondary N) is 2. The highest BCUT2D eigenvalue weighted by molar-refractivity contribution is 5.79. The predicted octanol–water partition coefficient (Wildman–Crippen LogP) is 2.45. The van der Waals surface area contributed by atoms with Crippen molar-refractivity contribution in [2.45, 2.75) is 32.2 Å². The van der Waals surface area contributed by atoms with Crippen LogP contribution in [0.1, 0.15) is 25.1 Å². The molecule has 1 aliphatic heterocycles. The highest BCUT2D eigenvalue weighted by Gasteiger charge is 2.14. The molecule has 1 unspecified atom stereocenters. The molecule has 0 saturated carbocycles. The van der Waals surface area contributed by atoms with E-state index < -0.39 is 0 Å². The Balaban J connectivity index is 1.67. The molecule has 0 amide bonds. The van der Waals surface area contributed by atoms with E-state index in [0.717, 1.165) is 23.4 Å². The summed E-state index contributed by atoms with van der Waals surface area (Å²) in [5.74, 6) is 0.977. The average molecular weight is 258 g/mol. The molecule has 1 aromatic carbocycles. The van der Waals surface area contributed by atoms with Crippen LogP contribution < -0.4 is 10.2 Å². The second-order valence-corrected chi connectivity index (χ2v) is 5.53. The summed E-state index contributed by atoms with van der Waals surface area (Å²) in [6, 6.07) is 7.15. The first-order valence-electron chi connectivity index (χ1n) is 7.13. The van der Waals surface area contributed by atoms with Gasteiger partial charge in [-0.1, -0.05) is 0 Å². The maximum Gasteiger partial charge on any atom is 0.104 e. The zero-order valence-electron chi connectivity index (χ0n) is 11.7. The van der Waals surface area contributed by atoms with Gasteiger partial charge in [0.15, 0.2) is 0 Å². The van der Waals surface area contributed by atoms with Crippen molar-refractivity contribution in [3.05, 3.63) is 24.0 Å². The highest BCUT2D eigenvalue weighted by atomic mass is 15.1. The quantitative estimate of drug-likeness (QED) is 0.885. The lowest BCUT2D eigenvalue weighted by atomic mass is 10.1. The average Bonchev–Trinajstić information content (AvgIpc) is 3.02. The number of imidazole rings is 1. The Bertz CT molecular complexity index is 554. The number of hydrogen-bond donors (Lipinski definition) is 2. The topological polar surface area (TPSA) is 44.0 Å². The molecule has 4 heteroatoms. The van der Waals surface area contributed by atoms with Crippen molar-refractivity contribution in [1.29, 1.82) is 0 Å². The summed E-state index contributed by atoms with van der Waals surface area (Å²) in [7, 11) is 2.17. The molecule has 1 aliphatic rings. The molecule has 0 radical (unpaired) electrons. The number of anilines is 1. The SMILES string of the molecule is Cc1nc2ccc(N(C)CCC3CCCN3)cc2[nH]1. The fourth-order valence-corrected chi connectivity index (χ4v) is 2.84. The molecule has 1 fully saturated rings. The Kier molecular flexibility index (Phi) is 3.42. The van der Waals surface area contributed by atoms with E-state index in [2.05, 4.69) is 45.4 Å².